The molecule has 0 aromatic carbocycles. The van der Waals surface area contributed by atoms with Gasteiger partial charge in [-0.05, 0) is 30.4 Å². The predicted octanol–water partition coefficient (Wildman–Crippen LogP) is 2.75. The third-order valence-corrected chi connectivity index (χ3v) is 2.99. The zero-order chi connectivity index (χ0) is 8.27. The average Bonchev–Trinajstić information content (AvgIpc) is 2.40. The van der Waals surface area contributed by atoms with Crippen molar-refractivity contribution in [1.82, 2.24) is 0 Å². The Labute approximate surface area is 71.1 Å². The van der Waals surface area contributed by atoms with Crippen molar-refractivity contribution in [3.8, 4) is 0 Å². The maximum Gasteiger partial charge on any atom is 0.128 e. The molecule has 1 atom stereocenters. The Morgan fingerprint density at radius 1 is 1.73 bits per heavy atom. The van der Waals surface area contributed by atoms with Gasteiger partial charge in [0.2, 0.25) is 0 Å². The van der Waals surface area contributed by atoms with Crippen LogP contribution in [0.1, 0.15) is 29.7 Å². The van der Waals surface area contributed by atoms with E-state index < -0.39 is 0 Å². The summed E-state index contributed by atoms with van der Waals surface area (Å²) >= 11 is 1.68. The van der Waals surface area contributed by atoms with Crippen LogP contribution in [0.15, 0.2) is 11.4 Å². The van der Waals surface area contributed by atoms with Crippen LogP contribution in [0.5, 0.6) is 0 Å². The molecule has 1 heterocycles. The van der Waals surface area contributed by atoms with Crippen molar-refractivity contribution in [2.75, 3.05) is 0 Å². The fourth-order valence-electron chi connectivity index (χ4n) is 1.11. The molecule has 60 valence electrons. The molecule has 0 N–H and O–H groups in total. The van der Waals surface area contributed by atoms with Crippen LogP contribution in [0.4, 0.5) is 0 Å². The van der Waals surface area contributed by atoms with E-state index in [0.29, 0.717) is 0 Å². The molecular weight excluding hydrogens is 156 g/mol. The van der Waals surface area contributed by atoms with Crippen LogP contribution in [-0.2, 0) is 4.79 Å². The molecular formula is C9H12OS. The highest BCUT2D eigenvalue weighted by Gasteiger charge is 2.10. The molecule has 0 spiro atoms. The fourth-order valence-corrected chi connectivity index (χ4v) is 2.18. The largest absolute Gasteiger partial charge is 0.303 e. The van der Waals surface area contributed by atoms with Gasteiger partial charge in [-0.1, -0.05) is 6.92 Å². The minimum Gasteiger partial charge on any atom is -0.303 e. The van der Waals surface area contributed by atoms with E-state index in [1.807, 2.05) is 12.3 Å². The van der Waals surface area contributed by atoms with Crippen LogP contribution in [-0.4, -0.2) is 6.29 Å². The van der Waals surface area contributed by atoms with Crippen LogP contribution in [0.2, 0.25) is 0 Å². The van der Waals surface area contributed by atoms with Gasteiger partial charge in [-0.2, -0.15) is 0 Å². The van der Waals surface area contributed by atoms with Gasteiger partial charge < -0.3 is 4.79 Å². The predicted molar refractivity (Wildman–Crippen MR) is 48.2 cm³/mol. The van der Waals surface area contributed by atoms with E-state index in [1.54, 1.807) is 11.3 Å². The van der Waals surface area contributed by atoms with Crippen molar-refractivity contribution in [3.05, 3.63) is 21.9 Å². The lowest BCUT2D eigenvalue weighted by Crippen LogP contribution is -1.96. The summed E-state index contributed by atoms with van der Waals surface area (Å²) in [6.07, 6.45) is 1.95. The minimum absolute atomic E-state index is 0.120. The molecule has 1 rings (SSSR count). The van der Waals surface area contributed by atoms with Gasteiger partial charge in [0.1, 0.15) is 6.29 Å². The number of rotatable bonds is 3. The van der Waals surface area contributed by atoms with Gasteiger partial charge in [0.15, 0.2) is 0 Å². The van der Waals surface area contributed by atoms with Crippen LogP contribution >= 0.6 is 11.3 Å². The number of aldehydes is 1. The monoisotopic (exact) mass is 168 g/mol. The summed E-state index contributed by atoms with van der Waals surface area (Å²) in [7, 11) is 0. The SMILES string of the molecule is CCC(C=O)c1sccc1C. The van der Waals surface area contributed by atoms with Gasteiger partial charge in [0, 0.05) is 10.8 Å². The van der Waals surface area contributed by atoms with Crippen molar-refractivity contribution in [2.45, 2.75) is 26.2 Å². The summed E-state index contributed by atoms with van der Waals surface area (Å²) in [6, 6.07) is 2.06. The molecule has 11 heavy (non-hydrogen) atoms. The highest BCUT2D eigenvalue weighted by Crippen LogP contribution is 2.26. The molecule has 1 aromatic rings. The normalized spacial score (nSPS) is 12.9. The Morgan fingerprint density at radius 3 is 2.82 bits per heavy atom. The summed E-state index contributed by atoms with van der Waals surface area (Å²) in [5, 5.41) is 2.04. The first-order chi connectivity index (χ1) is 5.29. The number of carbonyl (C=O) groups is 1. The Balaban J connectivity index is 2.89. The molecule has 0 aliphatic carbocycles. The third-order valence-electron chi connectivity index (χ3n) is 1.84. The molecule has 1 nitrogen and oxygen atoms in total. The zero-order valence-corrected chi connectivity index (χ0v) is 7.65. The summed E-state index contributed by atoms with van der Waals surface area (Å²) in [4.78, 5) is 11.8. The van der Waals surface area contributed by atoms with E-state index in [9.17, 15) is 4.79 Å². The van der Waals surface area contributed by atoms with E-state index in [4.69, 9.17) is 0 Å². The average molecular weight is 168 g/mol. The molecule has 0 saturated carbocycles. The van der Waals surface area contributed by atoms with Crippen LogP contribution in [0.25, 0.3) is 0 Å². The Bertz CT molecular complexity index is 239. The van der Waals surface area contributed by atoms with Crippen molar-refractivity contribution in [2.24, 2.45) is 0 Å². The minimum atomic E-state index is 0.120. The molecule has 0 aliphatic rings. The lowest BCUT2D eigenvalue weighted by atomic mass is 10.0. The molecule has 0 fully saturated rings. The second-order valence-electron chi connectivity index (χ2n) is 2.62. The highest BCUT2D eigenvalue weighted by atomic mass is 32.1. The van der Waals surface area contributed by atoms with Crippen molar-refractivity contribution in [3.63, 3.8) is 0 Å². The second kappa shape index (κ2) is 3.67. The summed E-state index contributed by atoms with van der Waals surface area (Å²) in [6.45, 7) is 4.09. The van der Waals surface area contributed by atoms with Gasteiger partial charge >= 0.3 is 0 Å². The number of hydrogen-bond donors (Lipinski definition) is 0. The smallest absolute Gasteiger partial charge is 0.128 e. The molecule has 0 radical (unpaired) electrons. The van der Waals surface area contributed by atoms with Crippen molar-refractivity contribution in [1.29, 1.82) is 0 Å². The first-order valence-corrected chi connectivity index (χ1v) is 4.66. The molecule has 2 heteroatoms. The van der Waals surface area contributed by atoms with E-state index in [2.05, 4.69) is 13.0 Å². The van der Waals surface area contributed by atoms with Gasteiger partial charge in [-0.25, -0.2) is 0 Å². The van der Waals surface area contributed by atoms with E-state index in [1.165, 1.54) is 10.4 Å². The Hall–Kier alpha value is -0.630. The maximum absolute atomic E-state index is 10.6. The molecule has 1 unspecified atom stereocenters. The number of thiophene rings is 1. The molecule has 0 bridgehead atoms. The first-order valence-electron chi connectivity index (χ1n) is 3.78. The molecule has 0 saturated heterocycles. The molecule has 0 aliphatic heterocycles. The van der Waals surface area contributed by atoms with Crippen LogP contribution in [0, 0.1) is 6.92 Å². The second-order valence-corrected chi connectivity index (χ2v) is 3.57. The van der Waals surface area contributed by atoms with Crippen molar-refractivity contribution < 1.29 is 4.79 Å². The number of aryl methyl sites for hydroxylation is 1. The Kier molecular flexibility index (Phi) is 2.83. The fraction of sp³-hybridized carbons (Fsp3) is 0.444. The first kappa shape index (κ1) is 8.47. The van der Waals surface area contributed by atoms with Gasteiger partial charge in [0.25, 0.3) is 0 Å². The van der Waals surface area contributed by atoms with E-state index in [0.717, 1.165) is 12.7 Å². The lowest BCUT2D eigenvalue weighted by Gasteiger charge is -2.04. The van der Waals surface area contributed by atoms with Gasteiger partial charge in [-0.15, -0.1) is 11.3 Å². The third kappa shape index (κ3) is 1.69. The zero-order valence-electron chi connectivity index (χ0n) is 6.83. The van der Waals surface area contributed by atoms with Crippen molar-refractivity contribution >= 4 is 17.6 Å². The van der Waals surface area contributed by atoms with Crippen LogP contribution < -0.4 is 0 Å². The standard InChI is InChI=1S/C9H12OS/c1-3-8(6-10)9-7(2)4-5-11-9/h4-6,8H,3H2,1-2H3. The summed E-state index contributed by atoms with van der Waals surface area (Å²) in [5.41, 5.74) is 1.24. The number of carbonyl (C=O) groups excluding carboxylic acids is 1. The quantitative estimate of drug-likeness (QED) is 0.634. The highest BCUT2D eigenvalue weighted by molar-refractivity contribution is 7.10. The van der Waals surface area contributed by atoms with Gasteiger partial charge in [0.05, 0.1) is 0 Å². The summed E-state index contributed by atoms with van der Waals surface area (Å²) < 4.78 is 0. The van der Waals surface area contributed by atoms with E-state index in [-0.39, 0.29) is 5.92 Å². The lowest BCUT2D eigenvalue weighted by molar-refractivity contribution is -0.109. The molecule has 1 aromatic heterocycles. The maximum atomic E-state index is 10.6. The van der Waals surface area contributed by atoms with Crippen LogP contribution in [0.3, 0.4) is 0 Å². The molecule has 0 amide bonds. The van der Waals surface area contributed by atoms with Gasteiger partial charge in [-0.3, -0.25) is 0 Å². The Morgan fingerprint density at radius 2 is 2.45 bits per heavy atom. The topological polar surface area (TPSA) is 17.1 Å². The van der Waals surface area contributed by atoms with E-state index >= 15 is 0 Å². The number of hydrogen-bond acceptors (Lipinski definition) is 2. The summed E-state index contributed by atoms with van der Waals surface area (Å²) in [5.74, 6) is 0.120.